The van der Waals surface area contributed by atoms with E-state index in [1.807, 2.05) is 0 Å². The Balaban J connectivity index is 1.64. The number of halogens is 1. The first-order chi connectivity index (χ1) is 13.5. The van der Waals surface area contributed by atoms with Crippen molar-refractivity contribution in [2.75, 3.05) is 12.6 Å². The summed E-state index contributed by atoms with van der Waals surface area (Å²) in [6, 6.07) is 6.50. The molecule has 0 radical (unpaired) electrons. The number of nitrogens with one attached hydrogen (secondary N) is 1. The lowest BCUT2D eigenvalue weighted by Gasteiger charge is -2.21. The molecule has 1 aliphatic heterocycles. The average Bonchev–Trinajstić information content (AvgIpc) is 3.25. The molecule has 3 aromatic rings. The molecule has 11 heteroatoms. The van der Waals surface area contributed by atoms with Crippen LogP contribution >= 0.6 is 11.6 Å². The van der Waals surface area contributed by atoms with E-state index in [1.165, 1.54) is 24.3 Å². The number of aliphatic hydroxyl groups is 3. The molecule has 0 amide bonds. The van der Waals surface area contributed by atoms with E-state index < -0.39 is 30.6 Å². The lowest BCUT2D eigenvalue weighted by atomic mass is 9.99. The highest BCUT2D eigenvalue weighted by atomic mass is 35.5. The molecule has 1 unspecified atom stereocenters. The van der Waals surface area contributed by atoms with Crippen LogP contribution in [0.4, 0.5) is 5.82 Å². The Labute approximate surface area is 164 Å². The van der Waals surface area contributed by atoms with Gasteiger partial charge in [-0.2, -0.15) is 5.10 Å². The van der Waals surface area contributed by atoms with Crippen LogP contribution in [0.15, 0.2) is 36.8 Å². The van der Waals surface area contributed by atoms with Gasteiger partial charge in [-0.1, -0.05) is 23.7 Å². The van der Waals surface area contributed by atoms with Gasteiger partial charge in [-0.05, 0) is 17.7 Å². The van der Waals surface area contributed by atoms with Crippen molar-refractivity contribution in [3.05, 3.63) is 47.4 Å². The molecule has 10 nitrogen and oxygen atoms in total. The van der Waals surface area contributed by atoms with Crippen LogP contribution in [-0.4, -0.2) is 60.5 Å². The fraction of sp³-hybridized carbons (Fsp3) is 0.353. The SMILES string of the molecule is CONc1ncnc2c1cnn2[C@@H]1O[C@H](C(O)c2ccc(Cl)cc2)[C@@H](O)[C@H]1O. The Morgan fingerprint density at radius 2 is 1.96 bits per heavy atom. The molecule has 0 saturated carbocycles. The van der Waals surface area contributed by atoms with E-state index >= 15 is 0 Å². The van der Waals surface area contributed by atoms with Crippen molar-refractivity contribution >= 4 is 28.5 Å². The van der Waals surface area contributed by atoms with Crippen molar-refractivity contribution in [1.82, 2.24) is 19.7 Å². The maximum absolute atomic E-state index is 10.6. The Bertz CT molecular complexity index is 968. The minimum absolute atomic E-state index is 0.368. The Kier molecular flexibility index (Phi) is 5.15. The van der Waals surface area contributed by atoms with Gasteiger partial charge in [-0.25, -0.2) is 20.1 Å². The van der Waals surface area contributed by atoms with Crippen LogP contribution in [0.5, 0.6) is 0 Å². The van der Waals surface area contributed by atoms with Crippen LogP contribution in [0.25, 0.3) is 11.0 Å². The molecule has 1 saturated heterocycles. The molecule has 2 aromatic heterocycles. The van der Waals surface area contributed by atoms with Crippen LogP contribution < -0.4 is 5.48 Å². The molecule has 1 aromatic carbocycles. The van der Waals surface area contributed by atoms with Gasteiger partial charge in [-0.15, -0.1) is 0 Å². The zero-order chi connectivity index (χ0) is 19.8. The highest BCUT2D eigenvalue weighted by molar-refractivity contribution is 6.30. The van der Waals surface area contributed by atoms with E-state index in [0.29, 0.717) is 27.4 Å². The van der Waals surface area contributed by atoms with E-state index in [2.05, 4.69) is 20.5 Å². The molecule has 0 aliphatic carbocycles. The van der Waals surface area contributed by atoms with E-state index in [1.54, 1.807) is 24.3 Å². The van der Waals surface area contributed by atoms with Gasteiger partial charge in [0, 0.05) is 5.02 Å². The summed E-state index contributed by atoms with van der Waals surface area (Å²) in [5.41, 5.74) is 3.49. The topological polar surface area (TPSA) is 135 Å². The highest BCUT2D eigenvalue weighted by Crippen LogP contribution is 2.37. The molecule has 3 heterocycles. The number of aromatic nitrogens is 4. The fourth-order valence-corrected chi connectivity index (χ4v) is 3.35. The van der Waals surface area contributed by atoms with Crippen LogP contribution in [0.3, 0.4) is 0 Å². The zero-order valence-corrected chi connectivity index (χ0v) is 15.4. The Morgan fingerprint density at radius 3 is 2.68 bits per heavy atom. The molecule has 1 fully saturated rings. The second-order valence-electron chi connectivity index (χ2n) is 6.32. The monoisotopic (exact) mass is 407 g/mol. The number of hydrogen-bond acceptors (Lipinski definition) is 9. The third-order valence-corrected chi connectivity index (χ3v) is 4.88. The van der Waals surface area contributed by atoms with Gasteiger partial charge >= 0.3 is 0 Å². The van der Waals surface area contributed by atoms with Crippen LogP contribution in [-0.2, 0) is 9.57 Å². The first-order valence-corrected chi connectivity index (χ1v) is 8.81. The summed E-state index contributed by atoms with van der Waals surface area (Å²) in [7, 11) is 1.45. The lowest BCUT2D eigenvalue weighted by Crippen LogP contribution is -2.35. The van der Waals surface area contributed by atoms with Crippen molar-refractivity contribution in [3.8, 4) is 0 Å². The van der Waals surface area contributed by atoms with Crippen LogP contribution in [0, 0.1) is 0 Å². The smallest absolute Gasteiger partial charge is 0.181 e. The molecule has 4 rings (SSSR count). The molecule has 28 heavy (non-hydrogen) atoms. The Morgan fingerprint density at radius 1 is 1.21 bits per heavy atom. The maximum atomic E-state index is 10.6. The largest absolute Gasteiger partial charge is 0.387 e. The Hall–Kier alpha value is -2.34. The maximum Gasteiger partial charge on any atom is 0.181 e. The molecule has 1 aliphatic rings. The second kappa shape index (κ2) is 7.59. The van der Waals surface area contributed by atoms with Crippen molar-refractivity contribution in [3.63, 3.8) is 0 Å². The number of fused-ring (bicyclic) bond motifs is 1. The predicted molar refractivity (Wildman–Crippen MR) is 98.3 cm³/mol. The summed E-state index contributed by atoms with van der Waals surface area (Å²) in [6.07, 6.45) is -3.17. The van der Waals surface area contributed by atoms with Crippen molar-refractivity contribution in [1.29, 1.82) is 0 Å². The fourth-order valence-electron chi connectivity index (χ4n) is 3.22. The molecule has 5 atom stereocenters. The number of hydrogen-bond donors (Lipinski definition) is 4. The molecule has 0 spiro atoms. The van der Waals surface area contributed by atoms with Crippen molar-refractivity contribution in [2.45, 2.75) is 30.6 Å². The van der Waals surface area contributed by atoms with E-state index in [4.69, 9.17) is 21.2 Å². The average molecular weight is 408 g/mol. The van der Waals surface area contributed by atoms with Crippen molar-refractivity contribution < 1.29 is 24.9 Å². The zero-order valence-electron chi connectivity index (χ0n) is 14.7. The molecule has 4 N–H and O–H groups in total. The third-order valence-electron chi connectivity index (χ3n) is 4.63. The van der Waals surface area contributed by atoms with Gasteiger partial charge in [0.2, 0.25) is 0 Å². The number of anilines is 1. The summed E-state index contributed by atoms with van der Waals surface area (Å²) >= 11 is 5.87. The molecule has 148 valence electrons. The van der Waals surface area contributed by atoms with Gasteiger partial charge in [0.05, 0.1) is 18.7 Å². The minimum Gasteiger partial charge on any atom is -0.387 e. The minimum atomic E-state index is -1.34. The van der Waals surface area contributed by atoms with Crippen LogP contribution in [0.1, 0.15) is 17.9 Å². The van der Waals surface area contributed by atoms with Gasteiger partial charge in [0.15, 0.2) is 17.7 Å². The molecular weight excluding hydrogens is 390 g/mol. The first-order valence-electron chi connectivity index (χ1n) is 8.43. The van der Waals surface area contributed by atoms with Crippen molar-refractivity contribution in [2.24, 2.45) is 0 Å². The molecular formula is C17H18ClN5O5. The summed E-state index contributed by atoms with van der Waals surface area (Å²) in [5.74, 6) is 0.393. The number of rotatable bonds is 5. The normalized spacial score (nSPS) is 25.9. The first kappa shape index (κ1) is 19.0. The summed E-state index contributed by atoms with van der Waals surface area (Å²) in [5, 5.41) is 36.9. The quantitative estimate of drug-likeness (QED) is 0.453. The van der Waals surface area contributed by atoms with Gasteiger partial charge in [-0.3, -0.25) is 4.84 Å². The number of nitrogens with zero attached hydrogens (tertiary/aromatic N) is 4. The molecule has 0 bridgehead atoms. The van der Waals surface area contributed by atoms with Crippen LogP contribution in [0.2, 0.25) is 5.02 Å². The standard InChI is InChI=1S/C17H18ClN5O5/c1-27-22-15-10-6-21-23(16(10)20-7-19-15)17-13(26)12(25)14(28-17)11(24)8-2-4-9(18)5-3-8/h2-7,11-14,17,24-26H,1H3,(H,19,20,22)/t11?,12-,13+,14+,17+/m0/s1. The summed E-state index contributed by atoms with van der Waals surface area (Å²) < 4.78 is 7.12. The number of ether oxygens (including phenoxy) is 1. The lowest BCUT2D eigenvalue weighted by molar-refractivity contribution is -0.0884. The van der Waals surface area contributed by atoms with E-state index in [-0.39, 0.29) is 0 Å². The van der Waals surface area contributed by atoms with Gasteiger partial charge < -0.3 is 20.1 Å². The van der Waals surface area contributed by atoms with Gasteiger partial charge in [0.25, 0.3) is 0 Å². The second-order valence-corrected chi connectivity index (χ2v) is 6.76. The van der Waals surface area contributed by atoms with E-state index in [0.717, 1.165) is 0 Å². The number of benzene rings is 1. The number of aliphatic hydroxyl groups excluding tert-OH is 3. The summed E-state index contributed by atoms with van der Waals surface area (Å²) in [6.45, 7) is 0. The van der Waals surface area contributed by atoms with Gasteiger partial charge in [0.1, 0.15) is 30.7 Å². The summed E-state index contributed by atoms with van der Waals surface area (Å²) in [4.78, 5) is 13.1. The van der Waals surface area contributed by atoms with E-state index in [9.17, 15) is 15.3 Å². The predicted octanol–water partition coefficient (Wildman–Crippen LogP) is 0.806. The highest BCUT2D eigenvalue weighted by Gasteiger charge is 2.48. The third kappa shape index (κ3) is 3.20.